The second kappa shape index (κ2) is 3.91. The van der Waals surface area contributed by atoms with Crippen molar-refractivity contribution >= 4 is 17.3 Å². The Morgan fingerprint density at radius 3 is 2.64 bits per heavy atom. The third-order valence-electron chi connectivity index (χ3n) is 1.20. The molecule has 0 atom stereocenters. The van der Waals surface area contributed by atoms with Gasteiger partial charge in [-0.15, -0.1) is 0 Å². The summed E-state index contributed by atoms with van der Waals surface area (Å²) in [5.74, 6) is -0.279. The quantitative estimate of drug-likeness (QED) is 0.842. The van der Waals surface area contributed by atoms with E-state index >= 15 is 0 Å². The maximum absolute atomic E-state index is 11.7. The molecular formula is C7H6ClF3N2O. The summed E-state index contributed by atoms with van der Waals surface area (Å²) in [5, 5.41) is -0.0470. The lowest BCUT2D eigenvalue weighted by Gasteiger charge is -2.09. The Labute approximate surface area is 82.6 Å². The fourth-order valence-corrected chi connectivity index (χ4v) is 0.926. The molecule has 0 saturated heterocycles. The van der Waals surface area contributed by atoms with E-state index in [0.29, 0.717) is 0 Å². The summed E-state index contributed by atoms with van der Waals surface area (Å²) in [6.07, 6.45) is -3.25. The lowest BCUT2D eigenvalue weighted by atomic mass is 10.4. The van der Waals surface area contributed by atoms with Gasteiger partial charge in [0.1, 0.15) is 5.02 Å². The lowest BCUT2D eigenvalue weighted by molar-refractivity contribution is -0.154. The summed E-state index contributed by atoms with van der Waals surface area (Å²) in [4.78, 5) is 3.50. The van der Waals surface area contributed by atoms with Crippen molar-refractivity contribution in [3.8, 4) is 5.88 Å². The van der Waals surface area contributed by atoms with E-state index in [1.807, 2.05) is 0 Å². The van der Waals surface area contributed by atoms with Crippen LogP contribution in [0, 0.1) is 0 Å². The number of rotatable bonds is 2. The molecule has 1 rings (SSSR count). The normalized spacial score (nSPS) is 11.4. The van der Waals surface area contributed by atoms with Crippen LogP contribution in [0.4, 0.5) is 18.9 Å². The van der Waals surface area contributed by atoms with Crippen molar-refractivity contribution < 1.29 is 17.9 Å². The monoisotopic (exact) mass is 226 g/mol. The summed E-state index contributed by atoms with van der Waals surface area (Å²) >= 11 is 5.52. The molecule has 0 spiro atoms. The van der Waals surface area contributed by atoms with Crippen LogP contribution in [0.1, 0.15) is 0 Å². The number of anilines is 1. The van der Waals surface area contributed by atoms with Crippen LogP contribution in [0.25, 0.3) is 0 Å². The van der Waals surface area contributed by atoms with Crippen LogP contribution in [0.3, 0.4) is 0 Å². The van der Waals surface area contributed by atoms with E-state index < -0.39 is 12.8 Å². The second-order valence-corrected chi connectivity index (χ2v) is 2.87. The molecule has 0 radical (unpaired) electrons. The van der Waals surface area contributed by atoms with Crippen molar-refractivity contribution in [2.45, 2.75) is 6.18 Å². The zero-order valence-electron chi connectivity index (χ0n) is 6.81. The Balaban J connectivity index is 2.68. The predicted octanol–water partition coefficient (Wildman–Crippen LogP) is 2.26. The van der Waals surface area contributed by atoms with E-state index in [1.54, 1.807) is 0 Å². The second-order valence-electron chi connectivity index (χ2n) is 2.46. The Bertz CT molecular complexity index is 329. The SMILES string of the molecule is Nc1cnc(OCC(F)(F)F)c(Cl)c1. The summed E-state index contributed by atoms with van der Waals surface area (Å²) < 4.78 is 39.5. The molecule has 0 bridgehead atoms. The van der Waals surface area contributed by atoms with Crippen molar-refractivity contribution in [1.82, 2.24) is 4.98 Å². The standard InChI is InChI=1S/C7H6ClF3N2O/c8-5-1-4(12)2-13-6(5)14-3-7(9,10)11/h1-2H,3,12H2. The van der Waals surface area contributed by atoms with Gasteiger partial charge in [-0.3, -0.25) is 0 Å². The van der Waals surface area contributed by atoms with Crippen LogP contribution < -0.4 is 10.5 Å². The highest BCUT2D eigenvalue weighted by atomic mass is 35.5. The zero-order chi connectivity index (χ0) is 10.8. The van der Waals surface area contributed by atoms with Gasteiger partial charge in [-0.25, -0.2) is 4.98 Å². The third-order valence-corrected chi connectivity index (χ3v) is 1.47. The van der Waals surface area contributed by atoms with Crippen molar-refractivity contribution in [3.05, 3.63) is 17.3 Å². The van der Waals surface area contributed by atoms with Gasteiger partial charge in [0.25, 0.3) is 0 Å². The minimum Gasteiger partial charge on any atom is -0.467 e. The Morgan fingerprint density at radius 1 is 1.50 bits per heavy atom. The molecule has 0 amide bonds. The van der Waals surface area contributed by atoms with Gasteiger partial charge < -0.3 is 10.5 Å². The highest BCUT2D eigenvalue weighted by Crippen LogP contribution is 2.25. The molecule has 0 saturated carbocycles. The molecular weight excluding hydrogens is 221 g/mol. The molecule has 14 heavy (non-hydrogen) atoms. The first-order chi connectivity index (χ1) is 6.38. The van der Waals surface area contributed by atoms with Gasteiger partial charge in [-0.1, -0.05) is 11.6 Å². The first-order valence-electron chi connectivity index (χ1n) is 3.49. The van der Waals surface area contributed by atoms with Crippen LogP contribution >= 0.6 is 11.6 Å². The van der Waals surface area contributed by atoms with Crippen LogP contribution in [-0.2, 0) is 0 Å². The average molecular weight is 227 g/mol. The minimum absolute atomic E-state index is 0.0470. The molecule has 1 aromatic rings. The number of ether oxygens (including phenoxy) is 1. The molecule has 0 aliphatic heterocycles. The zero-order valence-corrected chi connectivity index (χ0v) is 7.56. The van der Waals surface area contributed by atoms with E-state index in [4.69, 9.17) is 17.3 Å². The van der Waals surface area contributed by atoms with Crippen LogP contribution in [0.15, 0.2) is 12.3 Å². The van der Waals surface area contributed by atoms with Gasteiger partial charge >= 0.3 is 6.18 Å². The van der Waals surface area contributed by atoms with E-state index in [2.05, 4.69) is 9.72 Å². The van der Waals surface area contributed by atoms with Gasteiger partial charge in [-0.05, 0) is 6.07 Å². The Kier molecular flexibility index (Phi) is 3.05. The molecule has 0 unspecified atom stereocenters. The number of aromatic nitrogens is 1. The van der Waals surface area contributed by atoms with Crippen LogP contribution in [0.2, 0.25) is 5.02 Å². The molecule has 7 heteroatoms. The number of halogens is 4. The highest BCUT2D eigenvalue weighted by molar-refractivity contribution is 6.32. The number of nitrogens with zero attached hydrogens (tertiary/aromatic N) is 1. The van der Waals surface area contributed by atoms with Gasteiger partial charge in [0, 0.05) is 0 Å². The summed E-state index contributed by atoms with van der Waals surface area (Å²) in [5.41, 5.74) is 5.54. The lowest BCUT2D eigenvalue weighted by Crippen LogP contribution is -2.19. The van der Waals surface area contributed by atoms with Gasteiger partial charge in [-0.2, -0.15) is 13.2 Å². The van der Waals surface area contributed by atoms with Crippen LogP contribution in [-0.4, -0.2) is 17.8 Å². The summed E-state index contributed by atoms with van der Waals surface area (Å²) in [6, 6.07) is 1.26. The highest BCUT2D eigenvalue weighted by Gasteiger charge is 2.29. The van der Waals surface area contributed by atoms with Gasteiger partial charge in [0.15, 0.2) is 6.61 Å². The van der Waals surface area contributed by atoms with E-state index in [0.717, 1.165) is 6.20 Å². The van der Waals surface area contributed by atoms with Crippen molar-refractivity contribution in [2.24, 2.45) is 0 Å². The smallest absolute Gasteiger partial charge is 0.422 e. The molecule has 2 N–H and O–H groups in total. The maximum atomic E-state index is 11.7. The molecule has 1 heterocycles. The number of hydrogen-bond donors (Lipinski definition) is 1. The molecule has 3 nitrogen and oxygen atoms in total. The van der Waals surface area contributed by atoms with E-state index in [9.17, 15) is 13.2 Å². The summed E-state index contributed by atoms with van der Waals surface area (Å²) in [7, 11) is 0. The first-order valence-corrected chi connectivity index (χ1v) is 3.87. The van der Waals surface area contributed by atoms with Crippen molar-refractivity contribution in [2.75, 3.05) is 12.3 Å². The number of nitrogen functional groups attached to an aromatic ring is 1. The van der Waals surface area contributed by atoms with Gasteiger partial charge in [0.05, 0.1) is 11.9 Å². The average Bonchev–Trinajstić information content (AvgIpc) is 2.00. The topological polar surface area (TPSA) is 48.1 Å². The molecule has 0 fully saturated rings. The molecule has 0 aliphatic carbocycles. The van der Waals surface area contributed by atoms with Crippen molar-refractivity contribution in [3.63, 3.8) is 0 Å². The summed E-state index contributed by atoms with van der Waals surface area (Å²) in [6.45, 7) is -1.43. The largest absolute Gasteiger partial charge is 0.467 e. The fraction of sp³-hybridized carbons (Fsp3) is 0.286. The molecule has 0 aromatic carbocycles. The minimum atomic E-state index is -4.41. The first kappa shape index (κ1) is 10.9. The van der Waals surface area contributed by atoms with Gasteiger partial charge in [0.2, 0.25) is 5.88 Å². The van der Waals surface area contributed by atoms with E-state index in [1.165, 1.54) is 6.07 Å². The van der Waals surface area contributed by atoms with E-state index in [-0.39, 0.29) is 16.6 Å². The van der Waals surface area contributed by atoms with Crippen molar-refractivity contribution in [1.29, 1.82) is 0 Å². The number of hydrogen-bond acceptors (Lipinski definition) is 3. The Hall–Kier alpha value is -1.17. The predicted molar refractivity (Wildman–Crippen MR) is 45.2 cm³/mol. The fourth-order valence-electron chi connectivity index (χ4n) is 0.697. The maximum Gasteiger partial charge on any atom is 0.422 e. The Morgan fingerprint density at radius 2 is 2.14 bits per heavy atom. The molecule has 78 valence electrons. The number of pyridine rings is 1. The molecule has 1 aromatic heterocycles. The number of alkyl halides is 3. The molecule has 0 aliphatic rings. The third kappa shape index (κ3) is 3.29. The number of nitrogens with two attached hydrogens (primary N) is 1. The van der Waals surface area contributed by atoms with Crippen LogP contribution in [0.5, 0.6) is 5.88 Å².